The summed E-state index contributed by atoms with van der Waals surface area (Å²) in [5, 5.41) is 6.49. The fourth-order valence-corrected chi connectivity index (χ4v) is 2.17. The lowest BCUT2D eigenvalue weighted by Crippen LogP contribution is -2.01. The van der Waals surface area contributed by atoms with Crippen LogP contribution in [-0.4, -0.2) is 11.5 Å². The molecule has 1 saturated carbocycles. The molecule has 1 aliphatic rings. The van der Waals surface area contributed by atoms with Crippen LogP contribution in [0.1, 0.15) is 32.4 Å². The third-order valence-corrected chi connectivity index (χ3v) is 3.25. The summed E-state index contributed by atoms with van der Waals surface area (Å²) >= 11 is 1.72. The SMILES string of the molecule is CCNc1nc(C2(C)CC2)cs1. The molecule has 3 heteroatoms. The molecular formula is C9H14N2S. The van der Waals surface area contributed by atoms with Gasteiger partial charge in [0.25, 0.3) is 0 Å². The Kier molecular flexibility index (Phi) is 1.83. The van der Waals surface area contributed by atoms with Gasteiger partial charge in [0.1, 0.15) is 0 Å². The lowest BCUT2D eigenvalue weighted by atomic mass is 10.1. The predicted octanol–water partition coefficient (Wildman–Crippen LogP) is 2.63. The van der Waals surface area contributed by atoms with E-state index in [2.05, 4.69) is 29.5 Å². The summed E-state index contributed by atoms with van der Waals surface area (Å²) in [7, 11) is 0. The van der Waals surface area contributed by atoms with Crippen molar-refractivity contribution in [1.82, 2.24) is 4.98 Å². The number of thiazole rings is 1. The summed E-state index contributed by atoms with van der Waals surface area (Å²) in [6, 6.07) is 0. The van der Waals surface area contributed by atoms with Gasteiger partial charge in [0.15, 0.2) is 5.13 Å². The van der Waals surface area contributed by atoms with Gasteiger partial charge in [-0.1, -0.05) is 6.92 Å². The Morgan fingerprint density at radius 2 is 2.42 bits per heavy atom. The van der Waals surface area contributed by atoms with Crippen LogP contribution in [0.25, 0.3) is 0 Å². The molecule has 0 bridgehead atoms. The maximum atomic E-state index is 4.54. The maximum Gasteiger partial charge on any atom is 0.182 e. The van der Waals surface area contributed by atoms with Crippen LogP contribution in [-0.2, 0) is 5.41 Å². The summed E-state index contributed by atoms with van der Waals surface area (Å²) in [5.41, 5.74) is 1.70. The van der Waals surface area contributed by atoms with E-state index in [1.807, 2.05) is 0 Å². The number of hydrogen-bond acceptors (Lipinski definition) is 3. The Morgan fingerprint density at radius 1 is 1.67 bits per heavy atom. The average molecular weight is 182 g/mol. The predicted molar refractivity (Wildman–Crippen MR) is 52.9 cm³/mol. The number of nitrogens with one attached hydrogen (secondary N) is 1. The van der Waals surface area contributed by atoms with Crippen molar-refractivity contribution >= 4 is 16.5 Å². The third-order valence-electron chi connectivity index (χ3n) is 2.45. The largest absolute Gasteiger partial charge is 0.362 e. The van der Waals surface area contributed by atoms with Gasteiger partial charge in [-0.25, -0.2) is 4.98 Å². The standard InChI is InChI=1S/C9H14N2S/c1-3-10-8-11-7(6-12-8)9(2)4-5-9/h6H,3-5H2,1-2H3,(H,10,11). The molecule has 0 saturated heterocycles. The number of nitrogens with zero attached hydrogens (tertiary/aromatic N) is 1. The van der Waals surface area contributed by atoms with Gasteiger partial charge >= 0.3 is 0 Å². The van der Waals surface area contributed by atoms with Crippen molar-refractivity contribution in [2.24, 2.45) is 0 Å². The van der Waals surface area contributed by atoms with E-state index in [0.29, 0.717) is 5.41 Å². The third kappa shape index (κ3) is 1.33. The maximum absolute atomic E-state index is 4.54. The van der Waals surface area contributed by atoms with E-state index >= 15 is 0 Å². The van der Waals surface area contributed by atoms with Gasteiger partial charge in [0.2, 0.25) is 0 Å². The molecule has 12 heavy (non-hydrogen) atoms. The Hall–Kier alpha value is -0.570. The smallest absolute Gasteiger partial charge is 0.182 e. The molecule has 0 aromatic carbocycles. The van der Waals surface area contributed by atoms with Gasteiger partial charge in [-0.3, -0.25) is 0 Å². The van der Waals surface area contributed by atoms with E-state index < -0.39 is 0 Å². The monoisotopic (exact) mass is 182 g/mol. The van der Waals surface area contributed by atoms with Crippen LogP contribution in [0.2, 0.25) is 0 Å². The van der Waals surface area contributed by atoms with E-state index in [1.165, 1.54) is 18.5 Å². The molecule has 66 valence electrons. The Morgan fingerprint density at radius 3 is 3.00 bits per heavy atom. The quantitative estimate of drug-likeness (QED) is 0.777. The molecule has 2 nitrogen and oxygen atoms in total. The Labute approximate surface area is 77.0 Å². The molecule has 0 spiro atoms. The topological polar surface area (TPSA) is 24.9 Å². The number of anilines is 1. The van der Waals surface area contributed by atoms with Crippen LogP contribution in [0.4, 0.5) is 5.13 Å². The second-order valence-corrected chi connectivity index (χ2v) is 4.49. The Balaban J connectivity index is 2.13. The van der Waals surface area contributed by atoms with Crippen molar-refractivity contribution in [3.05, 3.63) is 11.1 Å². The molecule has 1 aromatic rings. The van der Waals surface area contributed by atoms with Crippen molar-refractivity contribution in [3.8, 4) is 0 Å². The van der Waals surface area contributed by atoms with Crippen LogP contribution in [0.3, 0.4) is 0 Å². The zero-order valence-electron chi connectivity index (χ0n) is 7.55. The lowest BCUT2D eigenvalue weighted by Gasteiger charge is -2.01. The molecule has 0 amide bonds. The van der Waals surface area contributed by atoms with Crippen LogP contribution in [0.15, 0.2) is 5.38 Å². The van der Waals surface area contributed by atoms with Crippen LogP contribution >= 0.6 is 11.3 Å². The highest BCUT2D eigenvalue weighted by Gasteiger charge is 2.41. The number of hydrogen-bond donors (Lipinski definition) is 1. The van der Waals surface area contributed by atoms with Crippen LogP contribution in [0.5, 0.6) is 0 Å². The van der Waals surface area contributed by atoms with Crippen molar-refractivity contribution < 1.29 is 0 Å². The van der Waals surface area contributed by atoms with E-state index in [1.54, 1.807) is 11.3 Å². The second-order valence-electron chi connectivity index (χ2n) is 3.63. The molecule has 0 unspecified atom stereocenters. The molecule has 2 rings (SSSR count). The van der Waals surface area contributed by atoms with Gasteiger partial charge in [-0.15, -0.1) is 11.3 Å². The zero-order chi connectivity index (χ0) is 8.60. The molecule has 1 aromatic heterocycles. The molecule has 1 fully saturated rings. The Bertz CT molecular complexity index is 276. The molecular weight excluding hydrogens is 168 g/mol. The summed E-state index contributed by atoms with van der Waals surface area (Å²) < 4.78 is 0. The van der Waals surface area contributed by atoms with E-state index in [4.69, 9.17) is 0 Å². The normalized spacial score (nSPS) is 19.2. The van der Waals surface area contributed by atoms with Gasteiger partial charge in [0, 0.05) is 17.3 Å². The molecule has 0 atom stereocenters. The number of rotatable bonds is 3. The van der Waals surface area contributed by atoms with Gasteiger partial charge in [-0.05, 0) is 19.8 Å². The first-order valence-electron chi connectivity index (χ1n) is 4.44. The summed E-state index contributed by atoms with van der Waals surface area (Å²) in [6.07, 6.45) is 2.62. The van der Waals surface area contributed by atoms with Gasteiger partial charge < -0.3 is 5.32 Å². The van der Waals surface area contributed by atoms with Crippen molar-refractivity contribution in [1.29, 1.82) is 0 Å². The molecule has 1 aliphatic carbocycles. The second kappa shape index (κ2) is 2.73. The fraction of sp³-hybridized carbons (Fsp3) is 0.667. The average Bonchev–Trinajstić information content (AvgIpc) is 2.64. The summed E-state index contributed by atoms with van der Waals surface area (Å²) in [4.78, 5) is 4.54. The first-order valence-corrected chi connectivity index (χ1v) is 5.32. The first-order chi connectivity index (χ1) is 5.74. The molecule has 0 radical (unpaired) electrons. The number of aromatic nitrogens is 1. The molecule has 1 N–H and O–H groups in total. The van der Waals surface area contributed by atoms with E-state index in [0.717, 1.165) is 11.7 Å². The van der Waals surface area contributed by atoms with E-state index in [-0.39, 0.29) is 0 Å². The van der Waals surface area contributed by atoms with Crippen LogP contribution in [0, 0.1) is 0 Å². The highest BCUT2D eigenvalue weighted by molar-refractivity contribution is 7.13. The molecule has 0 aliphatic heterocycles. The minimum atomic E-state index is 0.421. The zero-order valence-corrected chi connectivity index (χ0v) is 8.37. The van der Waals surface area contributed by atoms with Crippen molar-refractivity contribution in [2.75, 3.05) is 11.9 Å². The first kappa shape index (κ1) is 8.05. The minimum Gasteiger partial charge on any atom is -0.362 e. The van der Waals surface area contributed by atoms with Crippen molar-refractivity contribution in [2.45, 2.75) is 32.1 Å². The summed E-state index contributed by atoms with van der Waals surface area (Å²) in [6.45, 7) is 5.35. The minimum absolute atomic E-state index is 0.421. The fourth-order valence-electron chi connectivity index (χ4n) is 1.23. The highest BCUT2D eigenvalue weighted by Crippen LogP contribution is 2.47. The van der Waals surface area contributed by atoms with Gasteiger partial charge in [0.05, 0.1) is 5.69 Å². The lowest BCUT2D eigenvalue weighted by molar-refractivity contribution is 0.759. The van der Waals surface area contributed by atoms with Crippen LogP contribution < -0.4 is 5.32 Å². The van der Waals surface area contributed by atoms with Crippen molar-refractivity contribution in [3.63, 3.8) is 0 Å². The molecule has 1 heterocycles. The van der Waals surface area contributed by atoms with E-state index in [9.17, 15) is 0 Å². The van der Waals surface area contributed by atoms with Gasteiger partial charge in [-0.2, -0.15) is 0 Å². The highest BCUT2D eigenvalue weighted by atomic mass is 32.1. The summed E-state index contributed by atoms with van der Waals surface area (Å²) in [5.74, 6) is 0.